The predicted molar refractivity (Wildman–Crippen MR) is 97.4 cm³/mol. The molecule has 1 saturated carbocycles. The molecule has 0 unspecified atom stereocenters. The Balaban J connectivity index is 1.75. The van der Waals surface area contributed by atoms with Crippen LogP contribution in [0.5, 0.6) is 0 Å². The minimum absolute atomic E-state index is 0.149. The number of hydrogen-bond acceptors (Lipinski definition) is 2. The summed E-state index contributed by atoms with van der Waals surface area (Å²) in [7, 11) is 2.28. The van der Waals surface area contributed by atoms with Crippen molar-refractivity contribution < 1.29 is 4.79 Å². The third kappa shape index (κ3) is 5.20. The second-order valence-corrected chi connectivity index (χ2v) is 9.04. The van der Waals surface area contributed by atoms with E-state index in [0.29, 0.717) is 11.3 Å². The van der Waals surface area contributed by atoms with Gasteiger partial charge in [0.25, 0.3) is 0 Å². The lowest BCUT2D eigenvalue weighted by atomic mass is 9.65. The van der Waals surface area contributed by atoms with Gasteiger partial charge in [0.05, 0.1) is 0 Å². The highest BCUT2D eigenvalue weighted by Gasteiger charge is 2.39. The summed E-state index contributed by atoms with van der Waals surface area (Å²) >= 11 is 0. The SMILES string of the molecule is CC(C)CN(C)CC1CCC2(CC1)CCN(C(=O)C(C)C)CC2. The summed E-state index contributed by atoms with van der Waals surface area (Å²) in [5.74, 6) is 2.15. The molecule has 134 valence electrons. The van der Waals surface area contributed by atoms with Crippen LogP contribution in [-0.4, -0.2) is 48.9 Å². The minimum atomic E-state index is 0.149. The molecule has 1 heterocycles. The van der Waals surface area contributed by atoms with E-state index < -0.39 is 0 Å². The Bertz CT molecular complexity index is 373. The quantitative estimate of drug-likeness (QED) is 0.763. The van der Waals surface area contributed by atoms with Crippen molar-refractivity contribution in [1.82, 2.24) is 9.80 Å². The van der Waals surface area contributed by atoms with Crippen LogP contribution in [0.2, 0.25) is 0 Å². The topological polar surface area (TPSA) is 23.6 Å². The molecule has 0 aromatic rings. The third-order valence-electron chi connectivity index (χ3n) is 6.04. The molecule has 0 N–H and O–H groups in total. The van der Waals surface area contributed by atoms with Gasteiger partial charge in [-0.25, -0.2) is 0 Å². The van der Waals surface area contributed by atoms with Gasteiger partial charge in [0.15, 0.2) is 0 Å². The number of amides is 1. The number of carbonyl (C=O) groups excluding carboxylic acids is 1. The van der Waals surface area contributed by atoms with Crippen LogP contribution in [0.25, 0.3) is 0 Å². The molecule has 0 radical (unpaired) electrons. The Kier molecular flexibility index (Phi) is 6.53. The lowest BCUT2D eigenvalue weighted by Crippen LogP contribution is -2.46. The highest BCUT2D eigenvalue weighted by Crippen LogP contribution is 2.46. The van der Waals surface area contributed by atoms with Crippen LogP contribution < -0.4 is 0 Å². The molecule has 1 aliphatic heterocycles. The van der Waals surface area contributed by atoms with Gasteiger partial charge >= 0.3 is 0 Å². The molecule has 1 aliphatic carbocycles. The molecule has 0 atom stereocenters. The summed E-state index contributed by atoms with van der Waals surface area (Å²) in [6.45, 7) is 13.1. The van der Waals surface area contributed by atoms with Gasteiger partial charge in [0.2, 0.25) is 5.91 Å². The molecule has 2 aliphatic rings. The summed E-state index contributed by atoms with van der Waals surface area (Å²) < 4.78 is 0. The maximum Gasteiger partial charge on any atom is 0.225 e. The molecule has 2 rings (SSSR count). The van der Waals surface area contributed by atoms with Gasteiger partial charge in [-0.05, 0) is 62.8 Å². The average Bonchev–Trinajstić information content (AvgIpc) is 2.49. The molecule has 23 heavy (non-hydrogen) atoms. The predicted octanol–water partition coefficient (Wildman–Crippen LogP) is 4.03. The monoisotopic (exact) mass is 322 g/mol. The molecule has 1 spiro atoms. The number of carbonyl (C=O) groups is 1. The third-order valence-corrected chi connectivity index (χ3v) is 6.04. The summed E-state index contributed by atoms with van der Waals surface area (Å²) in [6.07, 6.45) is 8.02. The Hall–Kier alpha value is -0.570. The van der Waals surface area contributed by atoms with E-state index in [2.05, 4.69) is 30.7 Å². The average molecular weight is 323 g/mol. The summed E-state index contributed by atoms with van der Waals surface area (Å²) in [5, 5.41) is 0. The van der Waals surface area contributed by atoms with Crippen molar-refractivity contribution >= 4 is 5.91 Å². The van der Waals surface area contributed by atoms with Gasteiger partial charge < -0.3 is 9.80 Å². The molecule has 0 aromatic heterocycles. The lowest BCUT2D eigenvalue weighted by Gasteiger charge is -2.46. The fourth-order valence-corrected chi connectivity index (χ4v) is 4.68. The fraction of sp³-hybridized carbons (Fsp3) is 0.950. The molecular formula is C20H38N2O. The zero-order chi connectivity index (χ0) is 17.0. The minimum Gasteiger partial charge on any atom is -0.342 e. The molecule has 1 amide bonds. The number of piperidine rings is 1. The summed E-state index contributed by atoms with van der Waals surface area (Å²) in [4.78, 5) is 16.8. The first-order chi connectivity index (χ1) is 10.8. The number of nitrogens with zero attached hydrogens (tertiary/aromatic N) is 2. The van der Waals surface area contributed by atoms with Crippen LogP contribution in [0.15, 0.2) is 0 Å². The standard InChI is InChI=1S/C20H38N2O/c1-16(2)14-21(5)15-18-6-8-20(9-7-18)10-12-22(13-11-20)19(23)17(3)4/h16-18H,6-15H2,1-5H3. The van der Waals surface area contributed by atoms with Gasteiger partial charge in [-0.3, -0.25) is 4.79 Å². The van der Waals surface area contributed by atoms with Crippen LogP contribution >= 0.6 is 0 Å². The van der Waals surface area contributed by atoms with Crippen molar-refractivity contribution in [3.05, 3.63) is 0 Å². The van der Waals surface area contributed by atoms with Gasteiger partial charge in [-0.2, -0.15) is 0 Å². The van der Waals surface area contributed by atoms with E-state index >= 15 is 0 Å². The molecule has 0 aromatic carbocycles. The Labute approximate surface area is 143 Å². The zero-order valence-electron chi connectivity index (χ0n) is 16.1. The number of hydrogen-bond donors (Lipinski definition) is 0. The van der Waals surface area contributed by atoms with Gasteiger partial charge in [-0.1, -0.05) is 27.7 Å². The molecule has 3 heteroatoms. The molecular weight excluding hydrogens is 284 g/mol. The molecule has 3 nitrogen and oxygen atoms in total. The van der Waals surface area contributed by atoms with E-state index in [1.54, 1.807) is 0 Å². The largest absolute Gasteiger partial charge is 0.342 e. The van der Waals surface area contributed by atoms with Crippen molar-refractivity contribution in [2.24, 2.45) is 23.2 Å². The highest BCUT2D eigenvalue weighted by atomic mass is 16.2. The maximum absolute atomic E-state index is 12.2. The van der Waals surface area contributed by atoms with Crippen molar-refractivity contribution in [3.63, 3.8) is 0 Å². The van der Waals surface area contributed by atoms with Crippen LogP contribution in [-0.2, 0) is 4.79 Å². The van der Waals surface area contributed by atoms with E-state index in [9.17, 15) is 4.79 Å². The second-order valence-electron chi connectivity index (χ2n) is 9.04. The van der Waals surface area contributed by atoms with E-state index in [0.717, 1.165) is 24.9 Å². The van der Waals surface area contributed by atoms with E-state index in [1.165, 1.54) is 51.6 Å². The van der Waals surface area contributed by atoms with Crippen LogP contribution in [0, 0.1) is 23.2 Å². The summed E-state index contributed by atoms with van der Waals surface area (Å²) in [6, 6.07) is 0. The van der Waals surface area contributed by atoms with E-state index in [4.69, 9.17) is 0 Å². The number of rotatable bonds is 5. The highest BCUT2D eigenvalue weighted by molar-refractivity contribution is 5.78. The van der Waals surface area contributed by atoms with E-state index in [-0.39, 0.29) is 5.92 Å². The van der Waals surface area contributed by atoms with Crippen molar-refractivity contribution in [3.8, 4) is 0 Å². The van der Waals surface area contributed by atoms with Crippen molar-refractivity contribution in [2.45, 2.75) is 66.2 Å². The second kappa shape index (κ2) is 8.00. The number of likely N-dealkylation sites (tertiary alicyclic amines) is 1. The first-order valence-electron chi connectivity index (χ1n) is 9.79. The maximum atomic E-state index is 12.2. The van der Waals surface area contributed by atoms with Crippen LogP contribution in [0.4, 0.5) is 0 Å². The van der Waals surface area contributed by atoms with Crippen molar-refractivity contribution in [2.75, 3.05) is 33.2 Å². The molecule has 2 fully saturated rings. The van der Waals surface area contributed by atoms with Gasteiger partial charge in [0.1, 0.15) is 0 Å². The normalized spacial score (nSPS) is 22.5. The molecule has 0 bridgehead atoms. The fourth-order valence-electron chi connectivity index (χ4n) is 4.68. The molecule has 1 saturated heterocycles. The Morgan fingerprint density at radius 1 is 1.09 bits per heavy atom. The zero-order valence-corrected chi connectivity index (χ0v) is 16.1. The first-order valence-corrected chi connectivity index (χ1v) is 9.79. The summed E-state index contributed by atoms with van der Waals surface area (Å²) in [5.41, 5.74) is 0.556. The van der Waals surface area contributed by atoms with E-state index in [1.807, 2.05) is 13.8 Å². The van der Waals surface area contributed by atoms with Gasteiger partial charge in [0, 0.05) is 32.1 Å². The van der Waals surface area contributed by atoms with Gasteiger partial charge in [-0.15, -0.1) is 0 Å². The lowest BCUT2D eigenvalue weighted by molar-refractivity contribution is -0.137. The van der Waals surface area contributed by atoms with Crippen LogP contribution in [0.3, 0.4) is 0 Å². The Morgan fingerprint density at radius 3 is 2.13 bits per heavy atom. The Morgan fingerprint density at radius 2 is 1.65 bits per heavy atom. The van der Waals surface area contributed by atoms with Crippen molar-refractivity contribution in [1.29, 1.82) is 0 Å². The van der Waals surface area contributed by atoms with Crippen LogP contribution in [0.1, 0.15) is 66.2 Å². The smallest absolute Gasteiger partial charge is 0.225 e. The first kappa shape index (κ1) is 18.8.